The van der Waals surface area contributed by atoms with Crippen LogP contribution in [0.5, 0.6) is 0 Å². The number of hydrogen-bond acceptors (Lipinski definition) is 1. The predicted octanol–water partition coefficient (Wildman–Crippen LogP) is 5.61. The van der Waals surface area contributed by atoms with Crippen molar-refractivity contribution in [1.82, 2.24) is 5.32 Å². The number of nitrogens with one attached hydrogen (secondary N) is 1. The summed E-state index contributed by atoms with van der Waals surface area (Å²) in [6.07, 6.45) is 10.5. The van der Waals surface area contributed by atoms with Crippen LogP contribution in [0, 0.1) is 12.8 Å². The third kappa shape index (κ3) is 5.16. The second-order valence-electron chi connectivity index (χ2n) is 6.23. The van der Waals surface area contributed by atoms with E-state index in [-0.39, 0.29) is 0 Å². The SMILES string of the molecule is CCCNC/C(=C/c1ccc(Cl)cc1C)C1CCCCC1. The van der Waals surface area contributed by atoms with Gasteiger partial charge >= 0.3 is 0 Å². The molecule has 0 saturated heterocycles. The van der Waals surface area contributed by atoms with Crippen LogP contribution in [0.25, 0.3) is 6.08 Å². The number of benzene rings is 1. The first-order valence-corrected chi connectivity index (χ1v) is 8.76. The number of halogens is 1. The van der Waals surface area contributed by atoms with E-state index < -0.39 is 0 Å². The average Bonchev–Trinajstić information content (AvgIpc) is 2.49. The van der Waals surface area contributed by atoms with Crippen LogP contribution in [0.4, 0.5) is 0 Å². The fourth-order valence-electron chi connectivity index (χ4n) is 3.20. The fourth-order valence-corrected chi connectivity index (χ4v) is 3.42. The van der Waals surface area contributed by atoms with E-state index in [1.165, 1.54) is 49.7 Å². The Labute approximate surface area is 134 Å². The van der Waals surface area contributed by atoms with Gasteiger partial charge < -0.3 is 5.32 Å². The Bertz CT molecular complexity index is 472. The van der Waals surface area contributed by atoms with Crippen LogP contribution in [-0.4, -0.2) is 13.1 Å². The highest BCUT2D eigenvalue weighted by Gasteiger charge is 2.17. The second kappa shape index (κ2) is 8.60. The minimum absolute atomic E-state index is 0.762. The van der Waals surface area contributed by atoms with E-state index in [1.807, 2.05) is 6.07 Å². The minimum Gasteiger partial charge on any atom is -0.313 e. The van der Waals surface area contributed by atoms with E-state index in [2.05, 4.69) is 37.4 Å². The fraction of sp³-hybridized carbons (Fsp3) is 0.579. The molecule has 0 atom stereocenters. The summed E-state index contributed by atoms with van der Waals surface area (Å²) in [4.78, 5) is 0. The van der Waals surface area contributed by atoms with Gasteiger partial charge in [0.05, 0.1) is 0 Å². The van der Waals surface area contributed by atoms with Crippen LogP contribution in [0.1, 0.15) is 56.6 Å². The van der Waals surface area contributed by atoms with Gasteiger partial charge in [-0.05, 0) is 61.9 Å². The first-order chi connectivity index (χ1) is 10.2. The number of hydrogen-bond donors (Lipinski definition) is 1. The maximum atomic E-state index is 6.07. The van der Waals surface area contributed by atoms with E-state index in [1.54, 1.807) is 5.57 Å². The molecule has 0 aliphatic heterocycles. The lowest BCUT2D eigenvalue weighted by molar-refractivity contribution is 0.396. The molecule has 0 amide bonds. The molecular formula is C19H28ClN. The maximum absolute atomic E-state index is 6.07. The molecule has 1 nitrogen and oxygen atoms in total. The standard InChI is InChI=1S/C19H28ClN/c1-3-11-21-14-18(16-7-5-4-6-8-16)13-17-9-10-19(20)12-15(17)2/h9-10,12-13,16,21H,3-8,11,14H2,1-2H3/b18-13-. The largest absolute Gasteiger partial charge is 0.313 e. The van der Waals surface area contributed by atoms with E-state index >= 15 is 0 Å². The van der Waals surface area contributed by atoms with E-state index in [0.717, 1.165) is 24.0 Å². The van der Waals surface area contributed by atoms with Crippen molar-refractivity contribution in [2.45, 2.75) is 52.4 Å². The summed E-state index contributed by atoms with van der Waals surface area (Å²) in [5.74, 6) is 0.762. The van der Waals surface area contributed by atoms with Crippen molar-refractivity contribution >= 4 is 17.7 Å². The molecule has 1 aromatic rings. The van der Waals surface area contributed by atoms with Crippen molar-refractivity contribution < 1.29 is 0 Å². The third-order valence-electron chi connectivity index (χ3n) is 4.46. The zero-order valence-electron chi connectivity index (χ0n) is 13.4. The molecule has 0 aromatic heterocycles. The van der Waals surface area contributed by atoms with Crippen molar-refractivity contribution in [3.05, 3.63) is 39.9 Å². The smallest absolute Gasteiger partial charge is 0.0409 e. The molecule has 1 aliphatic rings. The lowest BCUT2D eigenvalue weighted by atomic mass is 9.82. The Morgan fingerprint density at radius 3 is 2.71 bits per heavy atom. The lowest BCUT2D eigenvalue weighted by Gasteiger charge is -2.25. The van der Waals surface area contributed by atoms with Crippen molar-refractivity contribution in [3.8, 4) is 0 Å². The van der Waals surface area contributed by atoms with Gasteiger partial charge in [-0.2, -0.15) is 0 Å². The molecule has 1 aliphatic carbocycles. The quantitative estimate of drug-likeness (QED) is 0.673. The Kier molecular flexibility index (Phi) is 6.79. The normalized spacial score (nSPS) is 17.2. The van der Waals surface area contributed by atoms with Crippen LogP contribution in [0.2, 0.25) is 5.02 Å². The highest BCUT2D eigenvalue weighted by molar-refractivity contribution is 6.30. The third-order valence-corrected chi connectivity index (χ3v) is 4.69. The summed E-state index contributed by atoms with van der Waals surface area (Å²) < 4.78 is 0. The van der Waals surface area contributed by atoms with Gasteiger partial charge in [0.2, 0.25) is 0 Å². The molecule has 1 fully saturated rings. The molecular weight excluding hydrogens is 278 g/mol. The van der Waals surface area contributed by atoms with Crippen LogP contribution in [0.3, 0.4) is 0 Å². The average molecular weight is 306 g/mol. The van der Waals surface area contributed by atoms with Gasteiger partial charge in [0.25, 0.3) is 0 Å². The van der Waals surface area contributed by atoms with Crippen molar-refractivity contribution in [2.24, 2.45) is 5.92 Å². The molecule has 0 heterocycles. The Hall–Kier alpha value is -0.790. The van der Waals surface area contributed by atoms with Gasteiger partial charge in [0, 0.05) is 11.6 Å². The van der Waals surface area contributed by atoms with Crippen LogP contribution < -0.4 is 5.32 Å². The van der Waals surface area contributed by atoms with Crippen LogP contribution in [0.15, 0.2) is 23.8 Å². The van der Waals surface area contributed by atoms with Gasteiger partial charge in [0.1, 0.15) is 0 Å². The Balaban J connectivity index is 2.17. The molecule has 116 valence electrons. The molecule has 1 N–H and O–H groups in total. The van der Waals surface area contributed by atoms with Gasteiger partial charge in [-0.25, -0.2) is 0 Å². The molecule has 0 bridgehead atoms. The molecule has 0 unspecified atom stereocenters. The summed E-state index contributed by atoms with van der Waals surface area (Å²) in [5, 5.41) is 4.42. The monoisotopic (exact) mass is 305 g/mol. The molecule has 0 radical (unpaired) electrons. The highest BCUT2D eigenvalue weighted by atomic mass is 35.5. The Morgan fingerprint density at radius 1 is 1.29 bits per heavy atom. The van der Waals surface area contributed by atoms with E-state index in [4.69, 9.17) is 11.6 Å². The van der Waals surface area contributed by atoms with Crippen molar-refractivity contribution in [2.75, 3.05) is 13.1 Å². The van der Waals surface area contributed by atoms with Gasteiger partial charge in [-0.1, -0.05) is 55.5 Å². The summed E-state index contributed by atoms with van der Waals surface area (Å²) in [7, 11) is 0. The van der Waals surface area contributed by atoms with Crippen molar-refractivity contribution in [3.63, 3.8) is 0 Å². The number of aryl methyl sites for hydroxylation is 1. The second-order valence-corrected chi connectivity index (χ2v) is 6.67. The first-order valence-electron chi connectivity index (χ1n) is 8.38. The van der Waals surface area contributed by atoms with Crippen LogP contribution in [-0.2, 0) is 0 Å². The van der Waals surface area contributed by atoms with E-state index in [0.29, 0.717) is 0 Å². The molecule has 2 heteroatoms. The molecule has 1 aromatic carbocycles. The maximum Gasteiger partial charge on any atom is 0.0409 e. The molecule has 0 spiro atoms. The Morgan fingerprint density at radius 2 is 2.05 bits per heavy atom. The first kappa shape index (κ1) is 16.6. The summed E-state index contributed by atoms with van der Waals surface area (Å²) in [6, 6.07) is 6.21. The lowest BCUT2D eigenvalue weighted by Crippen LogP contribution is -2.23. The van der Waals surface area contributed by atoms with Gasteiger partial charge in [-0.15, -0.1) is 0 Å². The summed E-state index contributed by atoms with van der Waals surface area (Å²) in [6.45, 7) is 6.50. The molecule has 1 saturated carbocycles. The molecule has 2 rings (SSSR count). The topological polar surface area (TPSA) is 12.0 Å². The number of rotatable bonds is 6. The summed E-state index contributed by atoms with van der Waals surface area (Å²) >= 11 is 6.07. The van der Waals surface area contributed by atoms with E-state index in [9.17, 15) is 0 Å². The molecule has 21 heavy (non-hydrogen) atoms. The van der Waals surface area contributed by atoms with Crippen molar-refractivity contribution in [1.29, 1.82) is 0 Å². The zero-order chi connectivity index (χ0) is 15.1. The summed E-state index contributed by atoms with van der Waals surface area (Å²) in [5.41, 5.74) is 4.16. The van der Waals surface area contributed by atoms with Gasteiger partial charge in [-0.3, -0.25) is 0 Å². The highest BCUT2D eigenvalue weighted by Crippen LogP contribution is 2.31. The zero-order valence-corrected chi connectivity index (χ0v) is 14.2. The van der Waals surface area contributed by atoms with Crippen LogP contribution >= 0.6 is 11.6 Å². The predicted molar refractivity (Wildman–Crippen MR) is 93.9 cm³/mol. The minimum atomic E-state index is 0.762. The van der Waals surface area contributed by atoms with Gasteiger partial charge in [0.15, 0.2) is 0 Å².